The summed E-state index contributed by atoms with van der Waals surface area (Å²) in [5, 5.41) is 11.2. The summed E-state index contributed by atoms with van der Waals surface area (Å²) in [5.74, 6) is 0.823. The lowest BCUT2D eigenvalue weighted by molar-refractivity contribution is 0.202. The molecule has 0 heterocycles. The van der Waals surface area contributed by atoms with Crippen molar-refractivity contribution in [1.29, 1.82) is 0 Å². The van der Waals surface area contributed by atoms with Gasteiger partial charge in [-0.3, -0.25) is 0 Å². The molecule has 0 radical (unpaired) electrons. The van der Waals surface area contributed by atoms with Crippen molar-refractivity contribution in [3.8, 4) is 5.75 Å². The van der Waals surface area contributed by atoms with Crippen molar-refractivity contribution in [2.45, 2.75) is 20.3 Å². The van der Waals surface area contributed by atoms with E-state index in [1.54, 1.807) is 7.11 Å². The van der Waals surface area contributed by atoms with Crippen LogP contribution >= 0.6 is 0 Å². The highest BCUT2D eigenvalue weighted by Gasteiger charge is 2.06. The monoisotopic (exact) mass is 237 g/mol. The molecule has 0 aromatic heterocycles. The van der Waals surface area contributed by atoms with E-state index in [2.05, 4.69) is 12.1 Å². The fourth-order valence-corrected chi connectivity index (χ4v) is 1.65. The van der Waals surface area contributed by atoms with Gasteiger partial charge < -0.3 is 14.7 Å². The van der Waals surface area contributed by atoms with E-state index in [9.17, 15) is 0 Å². The summed E-state index contributed by atoms with van der Waals surface area (Å²) in [5.41, 5.74) is 3.61. The quantitative estimate of drug-likeness (QED) is 0.469. The first kappa shape index (κ1) is 13.5. The molecule has 1 N–H and O–H groups in total. The van der Waals surface area contributed by atoms with Gasteiger partial charge in [0.05, 0.1) is 12.8 Å². The molecule has 94 valence electrons. The third-order valence-electron chi connectivity index (χ3n) is 2.82. The van der Waals surface area contributed by atoms with Crippen molar-refractivity contribution in [2.75, 3.05) is 20.3 Å². The molecule has 0 unspecified atom stereocenters. The lowest BCUT2D eigenvalue weighted by atomic mass is 10.0. The Morgan fingerprint density at radius 1 is 1.29 bits per heavy atom. The Bertz CT molecular complexity index is 388. The van der Waals surface area contributed by atoms with Gasteiger partial charge in [-0.1, -0.05) is 11.2 Å². The van der Waals surface area contributed by atoms with Crippen LogP contribution in [0.5, 0.6) is 5.75 Å². The van der Waals surface area contributed by atoms with Crippen LogP contribution < -0.4 is 4.74 Å². The zero-order chi connectivity index (χ0) is 12.7. The summed E-state index contributed by atoms with van der Waals surface area (Å²) < 4.78 is 10.6. The van der Waals surface area contributed by atoms with E-state index in [0.29, 0.717) is 0 Å². The standard InChI is InChI=1S/C13H19NO3/c1-10-11(2)13(17-9-7-14-15)5-4-12(10)6-8-16-3/h4-5,7,15H,6,8-9H2,1-3H3/b14-7+. The maximum absolute atomic E-state index is 8.28. The molecule has 4 heteroatoms. The van der Waals surface area contributed by atoms with E-state index >= 15 is 0 Å². The van der Waals surface area contributed by atoms with E-state index < -0.39 is 0 Å². The van der Waals surface area contributed by atoms with Crippen LogP contribution in [0.2, 0.25) is 0 Å². The van der Waals surface area contributed by atoms with Crippen LogP contribution in [0.15, 0.2) is 17.3 Å². The highest BCUT2D eigenvalue weighted by molar-refractivity contribution is 5.58. The van der Waals surface area contributed by atoms with Crippen LogP contribution in [0.25, 0.3) is 0 Å². The van der Waals surface area contributed by atoms with E-state index in [1.165, 1.54) is 17.3 Å². The average Bonchev–Trinajstić information content (AvgIpc) is 2.34. The highest BCUT2D eigenvalue weighted by Crippen LogP contribution is 2.24. The van der Waals surface area contributed by atoms with Crippen LogP contribution in [-0.4, -0.2) is 31.7 Å². The number of methoxy groups -OCH3 is 1. The summed E-state index contributed by atoms with van der Waals surface area (Å²) in [7, 11) is 1.70. The SMILES string of the molecule is COCCc1ccc(OC/C=N/O)c(C)c1C. The molecule has 1 aromatic carbocycles. The molecule has 17 heavy (non-hydrogen) atoms. The second-order valence-corrected chi connectivity index (χ2v) is 3.82. The maximum Gasteiger partial charge on any atom is 0.127 e. The van der Waals surface area contributed by atoms with Crippen molar-refractivity contribution >= 4 is 6.21 Å². The summed E-state index contributed by atoms with van der Waals surface area (Å²) >= 11 is 0. The average molecular weight is 237 g/mol. The molecular weight excluding hydrogens is 218 g/mol. The fourth-order valence-electron chi connectivity index (χ4n) is 1.65. The van der Waals surface area contributed by atoms with Crippen molar-refractivity contribution < 1.29 is 14.7 Å². The Kier molecular flexibility index (Phi) is 5.49. The normalized spacial score (nSPS) is 11.0. The van der Waals surface area contributed by atoms with Gasteiger partial charge in [-0.2, -0.15) is 0 Å². The van der Waals surface area contributed by atoms with Gasteiger partial charge in [-0.15, -0.1) is 0 Å². The molecule has 0 aliphatic heterocycles. The van der Waals surface area contributed by atoms with Gasteiger partial charge in [-0.25, -0.2) is 0 Å². The smallest absolute Gasteiger partial charge is 0.127 e. The van der Waals surface area contributed by atoms with Gasteiger partial charge in [0.25, 0.3) is 0 Å². The first-order valence-electron chi connectivity index (χ1n) is 5.57. The second-order valence-electron chi connectivity index (χ2n) is 3.82. The van der Waals surface area contributed by atoms with Crippen LogP contribution in [-0.2, 0) is 11.2 Å². The largest absolute Gasteiger partial charge is 0.488 e. The molecule has 0 spiro atoms. The van der Waals surface area contributed by atoms with Crippen LogP contribution in [0, 0.1) is 13.8 Å². The molecule has 0 saturated heterocycles. The van der Waals surface area contributed by atoms with Crippen LogP contribution in [0.3, 0.4) is 0 Å². The Morgan fingerprint density at radius 2 is 2.06 bits per heavy atom. The molecular formula is C13H19NO3. The number of hydrogen-bond donors (Lipinski definition) is 1. The number of ether oxygens (including phenoxy) is 2. The van der Waals surface area contributed by atoms with Gasteiger partial charge >= 0.3 is 0 Å². The maximum atomic E-state index is 8.28. The predicted molar refractivity (Wildman–Crippen MR) is 67.3 cm³/mol. The molecule has 0 bridgehead atoms. The van der Waals surface area contributed by atoms with Crippen LogP contribution in [0.4, 0.5) is 0 Å². The molecule has 0 amide bonds. The third-order valence-corrected chi connectivity index (χ3v) is 2.82. The first-order valence-corrected chi connectivity index (χ1v) is 5.57. The van der Waals surface area contributed by atoms with E-state index in [4.69, 9.17) is 14.7 Å². The minimum atomic E-state index is 0.272. The number of benzene rings is 1. The van der Waals surface area contributed by atoms with E-state index in [0.717, 1.165) is 24.3 Å². The van der Waals surface area contributed by atoms with Crippen molar-refractivity contribution in [3.05, 3.63) is 28.8 Å². The van der Waals surface area contributed by atoms with E-state index in [-0.39, 0.29) is 6.61 Å². The summed E-state index contributed by atoms with van der Waals surface area (Å²) in [4.78, 5) is 0. The minimum absolute atomic E-state index is 0.272. The molecule has 0 saturated carbocycles. The zero-order valence-corrected chi connectivity index (χ0v) is 10.6. The Hall–Kier alpha value is -1.55. The molecule has 0 aliphatic carbocycles. The highest BCUT2D eigenvalue weighted by atomic mass is 16.5. The third kappa shape index (κ3) is 3.75. The van der Waals surface area contributed by atoms with Crippen molar-refractivity contribution in [2.24, 2.45) is 5.16 Å². The lowest BCUT2D eigenvalue weighted by Crippen LogP contribution is -2.03. The van der Waals surface area contributed by atoms with E-state index in [1.807, 2.05) is 19.1 Å². The van der Waals surface area contributed by atoms with Crippen molar-refractivity contribution in [1.82, 2.24) is 0 Å². The van der Waals surface area contributed by atoms with Gasteiger partial charge in [0.15, 0.2) is 0 Å². The van der Waals surface area contributed by atoms with Gasteiger partial charge in [0.2, 0.25) is 0 Å². The molecule has 0 aliphatic rings. The van der Waals surface area contributed by atoms with Gasteiger partial charge in [0, 0.05) is 7.11 Å². The van der Waals surface area contributed by atoms with Gasteiger partial charge in [0.1, 0.15) is 12.4 Å². The number of hydrogen-bond acceptors (Lipinski definition) is 4. The number of oxime groups is 1. The summed E-state index contributed by atoms with van der Waals surface area (Å²) in [6.45, 7) is 5.09. The van der Waals surface area contributed by atoms with Crippen molar-refractivity contribution in [3.63, 3.8) is 0 Å². The Balaban J connectivity index is 2.78. The number of nitrogens with zero attached hydrogens (tertiary/aromatic N) is 1. The zero-order valence-electron chi connectivity index (χ0n) is 10.6. The number of rotatable bonds is 6. The molecule has 0 fully saturated rings. The Morgan fingerprint density at radius 3 is 2.71 bits per heavy atom. The van der Waals surface area contributed by atoms with Gasteiger partial charge in [-0.05, 0) is 43.0 Å². The fraction of sp³-hybridized carbons (Fsp3) is 0.462. The molecule has 0 atom stereocenters. The minimum Gasteiger partial charge on any atom is -0.488 e. The first-order chi connectivity index (χ1) is 8.20. The summed E-state index contributed by atoms with van der Waals surface area (Å²) in [6.07, 6.45) is 2.22. The Labute approximate surface area is 102 Å². The topological polar surface area (TPSA) is 51.0 Å². The summed E-state index contributed by atoms with van der Waals surface area (Å²) in [6, 6.07) is 3.99. The molecule has 1 rings (SSSR count). The molecule has 1 aromatic rings. The lowest BCUT2D eigenvalue weighted by Gasteiger charge is -2.13. The van der Waals surface area contributed by atoms with Crippen LogP contribution in [0.1, 0.15) is 16.7 Å². The predicted octanol–water partition coefficient (Wildman–Crippen LogP) is 2.33. The molecule has 4 nitrogen and oxygen atoms in total. The second kappa shape index (κ2) is 6.91.